The summed E-state index contributed by atoms with van der Waals surface area (Å²) in [7, 11) is 1.57. The highest BCUT2D eigenvalue weighted by Crippen LogP contribution is 2.39. The maximum absolute atomic E-state index is 12.4. The largest absolute Gasteiger partial charge is 0.495 e. The fraction of sp³-hybridized carbons (Fsp3) is 0.188. The standard InChI is InChI=1S/C16H16N2O2S/c1-20-14-7-6-10(8-13(14)17)18-16(19)12-9-21-15-5-3-2-4-11(12)15/h2-8,12H,9,17H2,1H3,(H,18,19). The molecule has 1 heterocycles. The number of thioether (sulfide) groups is 1. The number of fused-ring (bicyclic) bond motifs is 1. The molecule has 0 spiro atoms. The highest BCUT2D eigenvalue weighted by atomic mass is 32.2. The van der Waals surface area contributed by atoms with Crippen LogP contribution in [0.2, 0.25) is 0 Å². The fourth-order valence-electron chi connectivity index (χ4n) is 2.42. The summed E-state index contributed by atoms with van der Waals surface area (Å²) in [5.41, 5.74) is 8.15. The molecule has 0 aromatic heterocycles. The van der Waals surface area contributed by atoms with Crippen LogP contribution in [0.25, 0.3) is 0 Å². The first-order valence-electron chi connectivity index (χ1n) is 6.65. The van der Waals surface area contributed by atoms with Crippen molar-refractivity contribution in [2.75, 3.05) is 23.9 Å². The number of nitrogens with two attached hydrogens (primary N) is 1. The van der Waals surface area contributed by atoms with Gasteiger partial charge in [0.05, 0.1) is 18.7 Å². The number of nitrogen functional groups attached to an aromatic ring is 1. The third kappa shape index (κ3) is 2.69. The Hall–Kier alpha value is -2.14. The maximum Gasteiger partial charge on any atom is 0.232 e. The van der Waals surface area contributed by atoms with E-state index in [9.17, 15) is 4.79 Å². The molecule has 0 fully saturated rings. The van der Waals surface area contributed by atoms with Gasteiger partial charge in [0.25, 0.3) is 0 Å². The first-order valence-corrected chi connectivity index (χ1v) is 7.63. The Bertz CT molecular complexity index is 688. The van der Waals surface area contributed by atoms with Gasteiger partial charge in [0, 0.05) is 16.3 Å². The van der Waals surface area contributed by atoms with Crippen LogP contribution in [0, 0.1) is 0 Å². The lowest BCUT2D eigenvalue weighted by atomic mass is 10.0. The highest BCUT2D eigenvalue weighted by Gasteiger charge is 2.28. The van der Waals surface area contributed by atoms with Crippen LogP contribution in [0.15, 0.2) is 47.4 Å². The van der Waals surface area contributed by atoms with E-state index in [0.29, 0.717) is 17.1 Å². The number of rotatable bonds is 3. The molecular weight excluding hydrogens is 284 g/mol. The molecule has 1 unspecified atom stereocenters. The molecule has 2 aromatic rings. The Morgan fingerprint density at radius 2 is 2.14 bits per heavy atom. The van der Waals surface area contributed by atoms with Crippen molar-refractivity contribution in [1.29, 1.82) is 0 Å². The number of ether oxygens (including phenoxy) is 1. The van der Waals surface area contributed by atoms with E-state index in [4.69, 9.17) is 10.5 Å². The second-order valence-electron chi connectivity index (χ2n) is 4.85. The Balaban J connectivity index is 1.77. The van der Waals surface area contributed by atoms with E-state index < -0.39 is 0 Å². The quantitative estimate of drug-likeness (QED) is 0.855. The third-order valence-corrected chi connectivity index (χ3v) is 4.70. The minimum Gasteiger partial charge on any atom is -0.495 e. The minimum atomic E-state index is -0.116. The van der Waals surface area contributed by atoms with E-state index in [0.717, 1.165) is 11.3 Å². The average Bonchev–Trinajstić information content (AvgIpc) is 2.91. The van der Waals surface area contributed by atoms with Crippen molar-refractivity contribution in [1.82, 2.24) is 0 Å². The summed E-state index contributed by atoms with van der Waals surface area (Å²) < 4.78 is 5.11. The van der Waals surface area contributed by atoms with Gasteiger partial charge >= 0.3 is 0 Å². The number of hydrogen-bond donors (Lipinski definition) is 2. The van der Waals surface area contributed by atoms with Crippen molar-refractivity contribution in [3.63, 3.8) is 0 Å². The summed E-state index contributed by atoms with van der Waals surface area (Å²) in [6, 6.07) is 13.3. The molecule has 1 aliphatic rings. The van der Waals surface area contributed by atoms with E-state index in [1.54, 1.807) is 37.1 Å². The summed E-state index contributed by atoms with van der Waals surface area (Å²) >= 11 is 1.72. The van der Waals surface area contributed by atoms with Crippen molar-refractivity contribution < 1.29 is 9.53 Å². The van der Waals surface area contributed by atoms with Gasteiger partial charge in [0.1, 0.15) is 5.75 Å². The molecule has 1 atom stereocenters. The Morgan fingerprint density at radius 1 is 1.33 bits per heavy atom. The van der Waals surface area contributed by atoms with Crippen molar-refractivity contribution >= 4 is 29.0 Å². The lowest BCUT2D eigenvalue weighted by Gasteiger charge is -2.13. The van der Waals surface area contributed by atoms with Gasteiger partial charge in [-0.25, -0.2) is 0 Å². The molecule has 0 saturated heterocycles. The fourth-order valence-corrected chi connectivity index (χ4v) is 3.65. The average molecular weight is 300 g/mol. The minimum absolute atomic E-state index is 0.00276. The number of hydrogen-bond acceptors (Lipinski definition) is 4. The Morgan fingerprint density at radius 3 is 2.90 bits per heavy atom. The number of methoxy groups -OCH3 is 1. The van der Waals surface area contributed by atoms with Gasteiger partial charge < -0.3 is 15.8 Å². The van der Waals surface area contributed by atoms with Crippen LogP contribution in [0.3, 0.4) is 0 Å². The van der Waals surface area contributed by atoms with E-state index in [1.165, 1.54) is 4.90 Å². The molecule has 3 N–H and O–H groups in total. The molecule has 0 bridgehead atoms. The zero-order valence-corrected chi connectivity index (χ0v) is 12.4. The predicted octanol–water partition coefficient (Wildman–Crippen LogP) is 3.11. The summed E-state index contributed by atoms with van der Waals surface area (Å²) in [6.45, 7) is 0. The second kappa shape index (κ2) is 5.69. The Labute approximate surface area is 127 Å². The van der Waals surface area contributed by atoms with Gasteiger partial charge in [-0.3, -0.25) is 4.79 Å². The molecule has 0 radical (unpaired) electrons. The smallest absolute Gasteiger partial charge is 0.232 e. The van der Waals surface area contributed by atoms with Crippen molar-refractivity contribution in [3.05, 3.63) is 48.0 Å². The molecule has 2 aromatic carbocycles. The van der Waals surface area contributed by atoms with Gasteiger partial charge in [-0.1, -0.05) is 18.2 Å². The van der Waals surface area contributed by atoms with Crippen LogP contribution >= 0.6 is 11.8 Å². The Kier molecular flexibility index (Phi) is 3.75. The summed E-state index contributed by atoms with van der Waals surface area (Å²) in [6.07, 6.45) is 0. The molecule has 21 heavy (non-hydrogen) atoms. The number of benzene rings is 2. The molecule has 1 amide bonds. The molecular formula is C16H16N2O2S. The summed E-state index contributed by atoms with van der Waals surface area (Å²) in [5.74, 6) is 1.26. The zero-order chi connectivity index (χ0) is 14.8. The van der Waals surface area contributed by atoms with Gasteiger partial charge in [0.2, 0.25) is 5.91 Å². The molecule has 3 rings (SSSR count). The normalized spacial score (nSPS) is 16.3. The van der Waals surface area contributed by atoms with Crippen LogP contribution < -0.4 is 15.8 Å². The van der Waals surface area contributed by atoms with E-state index in [2.05, 4.69) is 11.4 Å². The number of carbonyl (C=O) groups excluding carboxylic acids is 1. The SMILES string of the molecule is COc1ccc(NC(=O)C2CSc3ccccc32)cc1N. The predicted molar refractivity (Wildman–Crippen MR) is 85.9 cm³/mol. The number of anilines is 2. The van der Waals surface area contributed by atoms with Crippen LogP contribution in [-0.2, 0) is 4.79 Å². The lowest BCUT2D eigenvalue weighted by Crippen LogP contribution is -2.21. The summed E-state index contributed by atoms with van der Waals surface area (Å²) in [4.78, 5) is 13.6. The van der Waals surface area contributed by atoms with Gasteiger partial charge in [-0.05, 0) is 29.8 Å². The third-order valence-electron chi connectivity index (χ3n) is 3.51. The van der Waals surface area contributed by atoms with E-state index in [1.807, 2.05) is 18.2 Å². The van der Waals surface area contributed by atoms with Crippen LogP contribution in [0.5, 0.6) is 5.75 Å². The molecule has 4 nitrogen and oxygen atoms in total. The van der Waals surface area contributed by atoms with Crippen molar-refractivity contribution in [3.8, 4) is 5.75 Å². The first kappa shape index (κ1) is 13.8. The zero-order valence-electron chi connectivity index (χ0n) is 11.6. The number of amides is 1. The second-order valence-corrected chi connectivity index (χ2v) is 5.91. The van der Waals surface area contributed by atoms with Crippen molar-refractivity contribution in [2.45, 2.75) is 10.8 Å². The van der Waals surface area contributed by atoms with E-state index in [-0.39, 0.29) is 11.8 Å². The summed E-state index contributed by atoms with van der Waals surface area (Å²) in [5, 5.41) is 2.93. The van der Waals surface area contributed by atoms with E-state index >= 15 is 0 Å². The van der Waals surface area contributed by atoms with Crippen molar-refractivity contribution in [2.24, 2.45) is 0 Å². The first-order chi connectivity index (χ1) is 10.2. The topological polar surface area (TPSA) is 64.3 Å². The van der Waals surface area contributed by atoms with Gasteiger partial charge in [-0.15, -0.1) is 11.8 Å². The lowest BCUT2D eigenvalue weighted by molar-refractivity contribution is -0.117. The van der Waals surface area contributed by atoms with Gasteiger partial charge in [-0.2, -0.15) is 0 Å². The van der Waals surface area contributed by atoms with Crippen LogP contribution in [0.1, 0.15) is 11.5 Å². The highest BCUT2D eigenvalue weighted by molar-refractivity contribution is 7.99. The molecule has 0 saturated carbocycles. The van der Waals surface area contributed by atoms with Crippen LogP contribution in [-0.4, -0.2) is 18.8 Å². The number of carbonyl (C=O) groups is 1. The molecule has 108 valence electrons. The molecule has 0 aliphatic carbocycles. The molecule has 1 aliphatic heterocycles. The van der Waals surface area contributed by atoms with Gasteiger partial charge in [0.15, 0.2) is 0 Å². The maximum atomic E-state index is 12.4. The van der Waals surface area contributed by atoms with Crippen LogP contribution in [0.4, 0.5) is 11.4 Å². The monoisotopic (exact) mass is 300 g/mol. The number of nitrogens with one attached hydrogen (secondary N) is 1. The molecule has 5 heteroatoms.